The van der Waals surface area contributed by atoms with Crippen molar-refractivity contribution < 1.29 is 9.13 Å². The quantitative estimate of drug-likeness (QED) is 0.792. The summed E-state index contributed by atoms with van der Waals surface area (Å²) in [5.41, 5.74) is 1.10. The van der Waals surface area contributed by atoms with Crippen LogP contribution in [0.3, 0.4) is 0 Å². The second-order valence-electron chi connectivity index (χ2n) is 4.07. The summed E-state index contributed by atoms with van der Waals surface area (Å²) < 4.78 is 19.0. The molecule has 0 amide bonds. The Hall–Kier alpha value is -1.55. The highest BCUT2D eigenvalue weighted by Crippen LogP contribution is 2.21. The maximum atomic E-state index is 13.0. The number of para-hydroxylation sites is 1. The van der Waals surface area contributed by atoms with Gasteiger partial charge >= 0.3 is 0 Å². The van der Waals surface area contributed by atoms with Gasteiger partial charge in [0.2, 0.25) is 0 Å². The Kier molecular flexibility index (Phi) is 5.21. The Morgan fingerprint density at radius 1 is 1.11 bits per heavy atom. The third-order valence-corrected chi connectivity index (χ3v) is 3.19. The molecular weight excluding hydrogens is 309 g/mol. The van der Waals surface area contributed by atoms with Crippen molar-refractivity contribution in [2.45, 2.75) is 6.42 Å². The van der Waals surface area contributed by atoms with Crippen LogP contribution in [0.4, 0.5) is 10.1 Å². The van der Waals surface area contributed by atoms with Crippen molar-refractivity contribution in [3.05, 3.63) is 58.8 Å². The molecule has 100 valence electrons. The molecule has 4 heteroatoms. The molecule has 2 nitrogen and oxygen atoms in total. The molecule has 0 heterocycles. The van der Waals surface area contributed by atoms with Crippen LogP contribution in [0.5, 0.6) is 5.75 Å². The van der Waals surface area contributed by atoms with Gasteiger partial charge in [0.25, 0.3) is 0 Å². The van der Waals surface area contributed by atoms with E-state index in [0.29, 0.717) is 16.8 Å². The predicted octanol–water partition coefficient (Wildman–Crippen LogP) is 4.47. The lowest BCUT2D eigenvalue weighted by atomic mass is 10.3. The second-order valence-corrected chi connectivity index (χ2v) is 4.93. The fraction of sp³-hybridized carbons (Fsp3) is 0.200. The minimum atomic E-state index is -0.280. The number of nitrogens with one attached hydrogen (secondary N) is 1. The zero-order chi connectivity index (χ0) is 13.5. The highest BCUT2D eigenvalue weighted by atomic mass is 79.9. The molecule has 0 saturated heterocycles. The standard InChI is InChI=1S/C15H15BrFNO/c16-14-11-13(7-8-15(14)17)19-10-4-9-18-12-5-2-1-3-6-12/h1-3,5-8,11,18H,4,9-10H2. The van der Waals surface area contributed by atoms with Crippen LogP contribution in [0.1, 0.15) is 6.42 Å². The zero-order valence-electron chi connectivity index (χ0n) is 10.4. The van der Waals surface area contributed by atoms with Crippen molar-refractivity contribution in [3.63, 3.8) is 0 Å². The van der Waals surface area contributed by atoms with Crippen LogP contribution in [-0.2, 0) is 0 Å². The molecular formula is C15H15BrFNO. The third-order valence-electron chi connectivity index (χ3n) is 2.58. The molecule has 2 aromatic carbocycles. The van der Waals surface area contributed by atoms with Gasteiger partial charge in [0, 0.05) is 12.2 Å². The van der Waals surface area contributed by atoms with Gasteiger partial charge in [-0.25, -0.2) is 4.39 Å². The second kappa shape index (κ2) is 7.14. The molecule has 0 aliphatic rings. The van der Waals surface area contributed by atoms with Crippen LogP contribution >= 0.6 is 15.9 Å². The van der Waals surface area contributed by atoms with Gasteiger partial charge in [0.15, 0.2) is 0 Å². The summed E-state index contributed by atoms with van der Waals surface area (Å²) in [5.74, 6) is 0.395. The predicted molar refractivity (Wildman–Crippen MR) is 79.1 cm³/mol. The molecule has 0 atom stereocenters. The molecule has 0 radical (unpaired) electrons. The molecule has 0 aromatic heterocycles. The Morgan fingerprint density at radius 2 is 1.89 bits per heavy atom. The molecule has 2 rings (SSSR count). The van der Waals surface area contributed by atoms with Crippen molar-refractivity contribution in [2.24, 2.45) is 0 Å². The van der Waals surface area contributed by atoms with Gasteiger partial charge in [0.1, 0.15) is 11.6 Å². The Balaban J connectivity index is 1.68. The van der Waals surface area contributed by atoms with Gasteiger partial charge in [-0.1, -0.05) is 18.2 Å². The molecule has 19 heavy (non-hydrogen) atoms. The molecule has 1 N–H and O–H groups in total. The lowest BCUT2D eigenvalue weighted by Gasteiger charge is -2.08. The summed E-state index contributed by atoms with van der Waals surface area (Å²) in [6.45, 7) is 1.43. The summed E-state index contributed by atoms with van der Waals surface area (Å²) in [4.78, 5) is 0. The van der Waals surface area contributed by atoms with E-state index in [1.54, 1.807) is 12.1 Å². The first-order chi connectivity index (χ1) is 9.25. The van der Waals surface area contributed by atoms with Crippen molar-refractivity contribution >= 4 is 21.6 Å². The van der Waals surface area contributed by atoms with Crippen LogP contribution in [0.15, 0.2) is 53.0 Å². The Morgan fingerprint density at radius 3 is 2.63 bits per heavy atom. The number of anilines is 1. The Bertz CT molecular complexity index is 519. The molecule has 0 aliphatic carbocycles. The SMILES string of the molecule is Fc1ccc(OCCCNc2ccccc2)cc1Br. The monoisotopic (exact) mass is 323 g/mol. The van der Waals surface area contributed by atoms with Gasteiger partial charge in [-0.15, -0.1) is 0 Å². The first-order valence-electron chi connectivity index (χ1n) is 6.12. The van der Waals surface area contributed by atoms with Gasteiger partial charge in [-0.05, 0) is 52.7 Å². The summed E-state index contributed by atoms with van der Waals surface area (Å²) in [6.07, 6.45) is 0.879. The van der Waals surface area contributed by atoms with E-state index >= 15 is 0 Å². The summed E-state index contributed by atoms with van der Waals surface area (Å²) in [6, 6.07) is 14.7. The first kappa shape index (κ1) is 13.9. The normalized spacial score (nSPS) is 10.2. The number of rotatable bonds is 6. The number of hydrogen-bond acceptors (Lipinski definition) is 2. The van der Waals surface area contributed by atoms with Crippen molar-refractivity contribution in [3.8, 4) is 5.75 Å². The maximum Gasteiger partial charge on any atom is 0.137 e. The number of halogens is 2. The fourth-order valence-electron chi connectivity index (χ4n) is 1.62. The molecule has 0 fully saturated rings. The van der Waals surface area contributed by atoms with Gasteiger partial charge in [-0.3, -0.25) is 0 Å². The molecule has 0 spiro atoms. The molecule has 2 aromatic rings. The smallest absolute Gasteiger partial charge is 0.137 e. The summed E-state index contributed by atoms with van der Waals surface area (Å²) in [5, 5.41) is 3.30. The van der Waals surface area contributed by atoms with Crippen LogP contribution in [-0.4, -0.2) is 13.2 Å². The highest BCUT2D eigenvalue weighted by Gasteiger charge is 2.00. The first-order valence-corrected chi connectivity index (χ1v) is 6.92. The van der Waals surface area contributed by atoms with Gasteiger partial charge < -0.3 is 10.1 Å². The number of benzene rings is 2. The van der Waals surface area contributed by atoms with Gasteiger partial charge in [-0.2, -0.15) is 0 Å². The van der Waals surface area contributed by atoms with E-state index in [-0.39, 0.29) is 5.82 Å². The average Bonchev–Trinajstić information content (AvgIpc) is 2.43. The topological polar surface area (TPSA) is 21.3 Å². The minimum absolute atomic E-state index is 0.280. The van der Waals surface area contributed by atoms with Crippen LogP contribution in [0.2, 0.25) is 0 Å². The van der Waals surface area contributed by atoms with E-state index < -0.39 is 0 Å². The zero-order valence-corrected chi connectivity index (χ0v) is 12.0. The maximum absolute atomic E-state index is 13.0. The van der Waals surface area contributed by atoms with Gasteiger partial charge in [0.05, 0.1) is 11.1 Å². The largest absolute Gasteiger partial charge is 0.493 e. The molecule has 0 unspecified atom stereocenters. The van der Waals surface area contributed by atoms with Crippen LogP contribution in [0, 0.1) is 5.82 Å². The third kappa shape index (κ3) is 4.56. The molecule has 0 aliphatic heterocycles. The van der Waals surface area contributed by atoms with E-state index in [9.17, 15) is 4.39 Å². The number of ether oxygens (including phenoxy) is 1. The van der Waals surface area contributed by atoms with E-state index in [1.165, 1.54) is 6.07 Å². The van der Waals surface area contributed by atoms with Crippen LogP contribution in [0.25, 0.3) is 0 Å². The van der Waals surface area contributed by atoms with Crippen molar-refractivity contribution in [1.29, 1.82) is 0 Å². The van der Waals surface area contributed by atoms with Crippen LogP contribution < -0.4 is 10.1 Å². The van der Waals surface area contributed by atoms with Crippen molar-refractivity contribution in [2.75, 3.05) is 18.5 Å². The summed E-state index contributed by atoms with van der Waals surface area (Å²) in [7, 11) is 0. The lowest BCUT2D eigenvalue weighted by Crippen LogP contribution is -2.07. The Labute approximate surface area is 120 Å². The highest BCUT2D eigenvalue weighted by molar-refractivity contribution is 9.10. The van der Waals surface area contributed by atoms with Crippen molar-refractivity contribution in [1.82, 2.24) is 0 Å². The van der Waals surface area contributed by atoms with E-state index in [4.69, 9.17) is 4.74 Å². The minimum Gasteiger partial charge on any atom is -0.493 e. The van der Waals surface area contributed by atoms with E-state index in [0.717, 1.165) is 18.7 Å². The lowest BCUT2D eigenvalue weighted by molar-refractivity contribution is 0.314. The fourth-order valence-corrected chi connectivity index (χ4v) is 1.98. The number of hydrogen-bond donors (Lipinski definition) is 1. The van der Waals surface area contributed by atoms with E-state index in [2.05, 4.69) is 21.2 Å². The van der Waals surface area contributed by atoms with E-state index in [1.807, 2.05) is 30.3 Å². The summed E-state index contributed by atoms with van der Waals surface area (Å²) >= 11 is 3.13. The average molecular weight is 324 g/mol. The molecule has 0 saturated carbocycles. The molecule has 0 bridgehead atoms.